The molecular formula is C50H33IrN6S-. The summed E-state index contributed by atoms with van der Waals surface area (Å²) < 4.78 is 2.24. The Morgan fingerprint density at radius 1 is 0.586 bits per heavy atom. The SMILES string of the molecule is CC1(C)c2ccccc2-c2cc3c4cc(-c5csc(-c6cc[c-]c(-c7cnccn7)c6)c5)ccc4n(-c4nc(-c5ccccc5)nc(-c5ccccc5)n4)c3cc21.[Ir]. The largest absolute Gasteiger partial charge is 0.302 e. The molecule has 0 amide bonds. The van der Waals surface area contributed by atoms with Crippen molar-refractivity contribution in [1.29, 1.82) is 0 Å². The first-order valence-corrected chi connectivity index (χ1v) is 19.8. The van der Waals surface area contributed by atoms with Gasteiger partial charge in [-0.2, -0.15) is 9.97 Å². The van der Waals surface area contributed by atoms with Crippen molar-refractivity contribution >= 4 is 33.1 Å². The minimum atomic E-state index is -0.175. The van der Waals surface area contributed by atoms with Gasteiger partial charge in [-0.05, 0) is 69.1 Å². The molecule has 6 nitrogen and oxygen atoms in total. The van der Waals surface area contributed by atoms with Crippen molar-refractivity contribution in [3.63, 3.8) is 0 Å². The average molecular weight is 942 g/mol. The third kappa shape index (κ3) is 5.91. The van der Waals surface area contributed by atoms with E-state index in [4.69, 9.17) is 15.0 Å². The number of thiophene rings is 1. The minimum Gasteiger partial charge on any atom is -0.302 e. The van der Waals surface area contributed by atoms with E-state index in [1.807, 2.05) is 42.5 Å². The van der Waals surface area contributed by atoms with Crippen molar-refractivity contribution < 1.29 is 20.1 Å². The average Bonchev–Trinajstić information content (AvgIpc) is 3.95. The predicted octanol–water partition coefficient (Wildman–Crippen LogP) is 12.3. The fraction of sp³-hybridized carbons (Fsp3) is 0.0600. The van der Waals surface area contributed by atoms with Crippen LogP contribution in [0, 0.1) is 6.07 Å². The maximum Gasteiger partial charge on any atom is 0.238 e. The summed E-state index contributed by atoms with van der Waals surface area (Å²) >= 11 is 1.74. The number of benzene rings is 6. The molecule has 0 saturated carbocycles. The van der Waals surface area contributed by atoms with Crippen molar-refractivity contribution in [2.45, 2.75) is 19.3 Å². The Morgan fingerprint density at radius 3 is 2.05 bits per heavy atom. The van der Waals surface area contributed by atoms with E-state index in [2.05, 4.69) is 137 Å². The molecule has 58 heavy (non-hydrogen) atoms. The summed E-state index contributed by atoms with van der Waals surface area (Å²) in [6, 6.07) is 52.5. The molecule has 0 fully saturated rings. The summed E-state index contributed by atoms with van der Waals surface area (Å²) in [4.78, 5) is 25.4. The first-order valence-electron chi connectivity index (χ1n) is 19.0. The van der Waals surface area contributed by atoms with Gasteiger partial charge in [0.25, 0.3) is 0 Å². The fourth-order valence-electron chi connectivity index (χ4n) is 8.35. The Morgan fingerprint density at radius 2 is 1.31 bits per heavy atom. The fourth-order valence-corrected chi connectivity index (χ4v) is 9.27. The van der Waals surface area contributed by atoms with Gasteiger partial charge >= 0.3 is 0 Å². The van der Waals surface area contributed by atoms with E-state index in [1.54, 1.807) is 29.9 Å². The van der Waals surface area contributed by atoms with Gasteiger partial charge in [-0.25, -0.2) is 4.98 Å². The Balaban J connectivity index is 0.00000408. The third-order valence-electron chi connectivity index (χ3n) is 11.2. The number of hydrogen-bond acceptors (Lipinski definition) is 6. The molecule has 4 aromatic heterocycles. The number of fused-ring (bicyclic) bond motifs is 6. The number of nitrogens with zero attached hydrogens (tertiary/aromatic N) is 6. The van der Waals surface area contributed by atoms with E-state index in [0.29, 0.717) is 17.6 Å². The standard InChI is InChI=1S/C50H33N6S.Ir/c1-50(2)41-19-10-9-18-37(41)38-27-40-39-25-33(36-26-46(57-30-36)35-17-11-16-34(24-35)43-29-51-22-23-52-43)20-21-44(39)56(45(40)28-42(38)50)49-54-47(31-12-5-3-6-13-31)53-48(55-49)32-14-7-4-8-15-32;/h3-15,17-30H,1-2H3;/q-1;. The molecule has 6 aromatic carbocycles. The molecule has 4 heterocycles. The van der Waals surface area contributed by atoms with Gasteiger partial charge in [-0.15, -0.1) is 41.2 Å². The van der Waals surface area contributed by atoms with Crippen LogP contribution in [0.25, 0.3) is 94.5 Å². The van der Waals surface area contributed by atoms with Gasteiger partial charge in [-0.3, -0.25) is 9.55 Å². The zero-order chi connectivity index (χ0) is 38.1. The quantitative estimate of drug-likeness (QED) is 0.155. The van der Waals surface area contributed by atoms with Crippen molar-refractivity contribution in [3.05, 3.63) is 181 Å². The second kappa shape index (κ2) is 14.2. The van der Waals surface area contributed by atoms with Gasteiger partial charge in [0.15, 0.2) is 11.6 Å². The summed E-state index contributed by atoms with van der Waals surface area (Å²) in [6.45, 7) is 4.65. The van der Waals surface area contributed by atoms with Crippen LogP contribution in [0.2, 0.25) is 0 Å². The molecule has 8 heteroatoms. The van der Waals surface area contributed by atoms with Crippen molar-refractivity contribution in [3.8, 4) is 72.7 Å². The van der Waals surface area contributed by atoms with Crippen LogP contribution >= 0.6 is 11.3 Å². The van der Waals surface area contributed by atoms with Crippen LogP contribution in [0.4, 0.5) is 0 Å². The zero-order valence-electron chi connectivity index (χ0n) is 31.5. The molecule has 0 spiro atoms. The van der Waals surface area contributed by atoms with Gasteiger partial charge in [0.05, 0.1) is 11.0 Å². The predicted molar refractivity (Wildman–Crippen MR) is 231 cm³/mol. The molecule has 0 aliphatic heterocycles. The topological polar surface area (TPSA) is 69.4 Å². The van der Waals surface area contributed by atoms with Crippen LogP contribution in [0.3, 0.4) is 0 Å². The molecule has 0 bridgehead atoms. The first kappa shape index (κ1) is 35.9. The Hall–Kier alpha value is -6.44. The molecule has 1 aliphatic rings. The van der Waals surface area contributed by atoms with Crippen molar-refractivity contribution in [2.75, 3.05) is 0 Å². The maximum absolute atomic E-state index is 5.22. The van der Waals surface area contributed by atoms with E-state index in [9.17, 15) is 0 Å². The molecular weight excluding hydrogens is 909 g/mol. The Labute approximate surface area is 353 Å². The second-order valence-electron chi connectivity index (χ2n) is 14.9. The molecule has 0 saturated heterocycles. The van der Waals surface area contributed by atoms with Crippen LogP contribution in [0.15, 0.2) is 163 Å². The Bertz CT molecular complexity index is 3100. The van der Waals surface area contributed by atoms with Gasteiger partial charge < -0.3 is 4.98 Å². The Kier molecular flexibility index (Phi) is 8.79. The minimum absolute atomic E-state index is 0. The van der Waals surface area contributed by atoms with Crippen LogP contribution in [-0.4, -0.2) is 29.5 Å². The van der Waals surface area contributed by atoms with Gasteiger partial charge in [0, 0.05) is 76.6 Å². The maximum atomic E-state index is 5.22. The molecule has 0 unspecified atom stereocenters. The zero-order valence-corrected chi connectivity index (χ0v) is 34.7. The second-order valence-corrected chi connectivity index (χ2v) is 15.9. The van der Waals surface area contributed by atoms with E-state index < -0.39 is 0 Å². The van der Waals surface area contributed by atoms with Crippen LogP contribution < -0.4 is 0 Å². The van der Waals surface area contributed by atoms with E-state index in [0.717, 1.165) is 60.9 Å². The number of aromatic nitrogens is 6. The molecule has 1 radical (unpaired) electrons. The van der Waals surface area contributed by atoms with E-state index in [1.165, 1.54) is 27.1 Å². The number of rotatable bonds is 6. The smallest absolute Gasteiger partial charge is 0.238 e. The third-order valence-corrected chi connectivity index (χ3v) is 12.2. The summed E-state index contributed by atoms with van der Waals surface area (Å²) in [7, 11) is 0. The summed E-state index contributed by atoms with van der Waals surface area (Å²) in [6.07, 6.45) is 5.18. The molecule has 11 rings (SSSR count). The normalized spacial score (nSPS) is 12.7. The van der Waals surface area contributed by atoms with Gasteiger partial charge in [-0.1, -0.05) is 110 Å². The number of hydrogen-bond donors (Lipinski definition) is 0. The van der Waals surface area contributed by atoms with Crippen LogP contribution in [-0.2, 0) is 25.5 Å². The van der Waals surface area contributed by atoms with Gasteiger partial charge in [0.2, 0.25) is 5.95 Å². The molecule has 279 valence electrons. The first-order chi connectivity index (χ1) is 28.0. The molecule has 10 aromatic rings. The van der Waals surface area contributed by atoms with Crippen molar-refractivity contribution in [2.24, 2.45) is 0 Å². The van der Waals surface area contributed by atoms with Crippen LogP contribution in [0.5, 0.6) is 0 Å². The summed E-state index contributed by atoms with van der Waals surface area (Å²) in [5.74, 6) is 1.85. The molecule has 1 aliphatic carbocycles. The molecule has 0 N–H and O–H groups in total. The summed E-state index contributed by atoms with van der Waals surface area (Å²) in [5.41, 5.74) is 14.2. The monoisotopic (exact) mass is 942 g/mol. The van der Waals surface area contributed by atoms with Gasteiger partial charge in [0.1, 0.15) is 0 Å². The van der Waals surface area contributed by atoms with E-state index >= 15 is 0 Å². The van der Waals surface area contributed by atoms with Crippen molar-refractivity contribution in [1.82, 2.24) is 29.5 Å². The molecule has 0 atom stereocenters. The van der Waals surface area contributed by atoms with Crippen LogP contribution in [0.1, 0.15) is 25.0 Å². The summed E-state index contributed by atoms with van der Waals surface area (Å²) in [5, 5.41) is 4.54. The van der Waals surface area contributed by atoms with E-state index in [-0.39, 0.29) is 25.5 Å².